The molecule has 2 nitrogen and oxygen atoms in total. The Morgan fingerprint density at radius 1 is 1.14 bits per heavy atom. The quantitative estimate of drug-likeness (QED) is 0.739. The van der Waals surface area contributed by atoms with Gasteiger partial charge >= 0.3 is 0 Å². The van der Waals surface area contributed by atoms with Gasteiger partial charge in [0.25, 0.3) is 0 Å². The van der Waals surface area contributed by atoms with Crippen molar-refractivity contribution in [2.24, 2.45) is 0 Å². The largest absolute Gasteiger partial charge is 0.506 e. The zero-order valence-corrected chi connectivity index (χ0v) is 14.2. The monoisotopic (exact) mass is 331 g/mol. The van der Waals surface area contributed by atoms with E-state index >= 15 is 0 Å². The fraction of sp³-hybridized carbons (Fsp3) is 0.222. The van der Waals surface area contributed by atoms with Gasteiger partial charge in [-0.1, -0.05) is 47.6 Å². The molecule has 3 rings (SSSR count). The molecule has 0 unspecified atom stereocenters. The van der Waals surface area contributed by atoms with Gasteiger partial charge in [0.2, 0.25) is 0 Å². The van der Waals surface area contributed by atoms with Crippen LogP contribution in [0.25, 0.3) is 5.57 Å². The minimum atomic E-state index is 0.139. The molecule has 0 aromatic heterocycles. The van der Waals surface area contributed by atoms with Gasteiger partial charge < -0.3 is 10.0 Å². The van der Waals surface area contributed by atoms with Gasteiger partial charge in [-0.05, 0) is 55.4 Å². The second kappa shape index (κ2) is 6.37. The second-order valence-electron chi connectivity index (χ2n) is 5.61. The molecule has 0 aliphatic carbocycles. The molecule has 0 fully saturated rings. The molecule has 114 valence electrons. The summed E-state index contributed by atoms with van der Waals surface area (Å²) in [6, 6.07) is 12.0. The number of fused-ring (bicyclic) bond motifs is 2. The summed E-state index contributed by atoms with van der Waals surface area (Å²) >= 11 is 7.81. The third-order valence-corrected chi connectivity index (χ3v) is 5.10. The number of halogens is 1. The number of benzene rings is 2. The highest BCUT2D eigenvalue weighted by atomic mass is 35.5. The Hall–Kier alpha value is -1.42. The summed E-state index contributed by atoms with van der Waals surface area (Å²) in [4.78, 5) is 4.44. The smallest absolute Gasteiger partial charge is 0.135 e. The second-order valence-corrected chi connectivity index (χ2v) is 7.10. The van der Waals surface area contributed by atoms with Crippen LogP contribution >= 0.6 is 23.4 Å². The Bertz CT molecular complexity index is 740. The minimum absolute atomic E-state index is 0.139. The van der Waals surface area contributed by atoms with Crippen molar-refractivity contribution in [3.05, 3.63) is 58.6 Å². The summed E-state index contributed by atoms with van der Waals surface area (Å²) in [5.41, 5.74) is 3.54. The molecule has 1 aliphatic heterocycles. The first-order valence-corrected chi connectivity index (χ1v) is 8.40. The topological polar surface area (TPSA) is 23.5 Å². The van der Waals surface area contributed by atoms with E-state index in [-0.39, 0.29) is 5.75 Å². The van der Waals surface area contributed by atoms with Gasteiger partial charge in [0, 0.05) is 16.3 Å². The van der Waals surface area contributed by atoms with Gasteiger partial charge in [0.05, 0.1) is 5.02 Å². The Labute approximate surface area is 140 Å². The minimum Gasteiger partial charge on any atom is -0.506 e. The summed E-state index contributed by atoms with van der Waals surface area (Å²) in [7, 11) is 4.15. The molecular weight excluding hydrogens is 314 g/mol. The summed E-state index contributed by atoms with van der Waals surface area (Å²) in [6.45, 7) is 1.000. The lowest BCUT2D eigenvalue weighted by molar-refractivity contribution is 0.417. The van der Waals surface area contributed by atoms with Crippen LogP contribution in [0.3, 0.4) is 0 Å². The van der Waals surface area contributed by atoms with Crippen molar-refractivity contribution in [1.29, 1.82) is 0 Å². The first-order chi connectivity index (χ1) is 10.6. The van der Waals surface area contributed by atoms with E-state index in [1.165, 1.54) is 16.0 Å². The highest BCUT2D eigenvalue weighted by Gasteiger charge is 2.22. The molecule has 0 amide bonds. The number of hydrogen-bond acceptors (Lipinski definition) is 3. The van der Waals surface area contributed by atoms with E-state index in [0.717, 1.165) is 23.4 Å². The molecule has 0 saturated carbocycles. The van der Waals surface area contributed by atoms with E-state index in [2.05, 4.69) is 43.3 Å². The van der Waals surface area contributed by atoms with E-state index in [1.54, 1.807) is 17.8 Å². The van der Waals surface area contributed by atoms with E-state index < -0.39 is 0 Å². The molecule has 1 aliphatic rings. The van der Waals surface area contributed by atoms with Crippen molar-refractivity contribution >= 4 is 28.9 Å². The van der Waals surface area contributed by atoms with Gasteiger partial charge in [-0.25, -0.2) is 0 Å². The molecule has 2 aromatic carbocycles. The molecule has 0 spiro atoms. The number of rotatable bonds is 3. The predicted molar refractivity (Wildman–Crippen MR) is 93.9 cm³/mol. The number of hydrogen-bond donors (Lipinski definition) is 1. The molecule has 0 radical (unpaired) electrons. The van der Waals surface area contributed by atoms with Crippen LogP contribution in [0.4, 0.5) is 0 Å². The molecule has 1 N–H and O–H groups in total. The Kier molecular flexibility index (Phi) is 4.48. The number of nitrogens with zero attached hydrogens (tertiary/aromatic N) is 1. The van der Waals surface area contributed by atoms with Crippen LogP contribution in [-0.2, 0) is 0 Å². The van der Waals surface area contributed by atoms with Crippen LogP contribution in [-0.4, -0.2) is 30.6 Å². The number of phenols is 1. The fourth-order valence-corrected chi connectivity index (χ4v) is 3.85. The van der Waals surface area contributed by atoms with Gasteiger partial charge in [-0.3, -0.25) is 0 Å². The third kappa shape index (κ3) is 3.02. The van der Waals surface area contributed by atoms with Crippen LogP contribution in [0.5, 0.6) is 5.75 Å². The molecule has 1 heterocycles. The van der Waals surface area contributed by atoms with Crippen molar-refractivity contribution in [1.82, 2.24) is 4.90 Å². The molecule has 4 heteroatoms. The van der Waals surface area contributed by atoms with Crippen LogP contribution in [0.15, 0.2) is 52.3 Å². The maximum absolute atomic E-state index is 9.89. The maximum Gasteiger partial charge on any atom is 0.135 e. The van der Waals surface area contributed by atoms with Crippen molar-refractivity contribution in [2.75, 3.05) is 20.6 Å². The third-order valence-electron chi connectivity index (χ3n) is 3.66. The standard InChI is InChI=1S/C18H18ClNOS/c1-20(2)9-5-7-12-13-6-3-4-8-17(13)22-18-11-16(21)15(19)10-14(12)18/h3-4,6-8,10-11,21H,5,9H2,1-2H3/b12-7-. The molecule has 22 heavy (non-hydrogen) atoms. The SMILES string of the molecule is CN(C)CC/C=C1/c2ccccc2Sc2cc(O)c(Cl)cc21. The molecule has 0 bridgehead atoms. The maximum atomic E-state index is 9.89. The van der Waals surface area contributed by atoms with Crippen LogP contribution in [0.1, 0.15) is 17.5 Å². The van der Waals surface area contributed by atoms with Gasteiger partial charge in [0.15, 0.2) is 0 Å². The number of aromatic hydroxyl groups is 1. The zero-order valence-electron chi connectivity index (χ0n) is 12.6. The van der Waals surface area contributed by atoms with Crippen LogP contribution in [0.2, 0.25) is 5.02 Å². The van der Waals surface area contributed by atoms with Gasteiger partial charge in [-0.2, -0.15) is 0 Å². The lowest BCUT2D eigenvalue weighted by Gasteiger charge is -2.23. The highest BCUT2D eigenvalue weighted by molar-refractivity contribution is 7.99. The van der Waals surface area contributed by atoms with Crippen molar-refractivity contribution in [2.45, 2.75) is 16.2 Å². The predicted octanol–water partition coefficient (Wildman–Crippen LogP) is 4.89. The van der Waals surface area contributed by atoms with E-state index in [1.807, 2.05) is 12.1 Å². The highest BCUT2D eigenvalue weighted by Crippen LogP contribution is 2.47. The average Bonchev–Trinajstić information content (AvgIpc) is 2.48. The van der Waals surface area contributed by atoms with Crippen molar-refractivity contribution in [3.63, 3.8) is 0 Å². The average molecular weight is 332 g/mol. The lowest BCUT2D eigenvalue weighted by Crippen LogP contribution is -2.12. The molecule has 0 atom stereocenters. The molecule has 0 saturated heterocycles. The molecule has 2 aromatic rings. The normalized spacial score (nSPS) is 15.0. The van der Waals surface area contributed by atoms with E-state index in [4.69, 9.17) is 11.6 Å². The van der Waals surface area contributed by atoms with Gasteiger partial charge in [0.1, 0.15) is 5.75 Å². The van der Waals surface area contributed by atoms with Crippen LogP contribution in [0, 0.1) is 0 Å². The summed E-state index contributed by atoms with van der Waals surface area (Å²) in [6.07, 6.45) is 3.24. The first-order valence-electron chi connectivity index (χ1n) is 7.21. The van der Waals surface area contributed by atoms with E-state index in [9.17, 15) is 5.11 Å². The van der Waals surface area contributed by atoms with Crippen molar-refractivity contribution in [3.8, 4) is 5.75 Å². The Balaban J connectivity index is 2.09. The number of phenolic OH excluding ortho intramolecular Hbond substituents is 1. The Morgan fingerprint density at radius 3 is 2.68 bits per heavy atom. The Morgan fingerprint density at radius 2 is 1.91 bits per heavy atom. The van der Waals surface area contributed by atoms with Gasteiger partial charge in [-0.15, -0.1) is 0 Å². The molecular formula is C18H18ClNOS. The van der Waals surface area contributed by atoms with E-state index in [0.29, 0.717) is 5.02 Å². The summed E-state index contributed by atoms with van der Waals surface area (Å²) in [5.74, 6) is 0.139. The lowest BCUT2D eigenvalue weighted by atomic mass is 9.96. The summed E-state index contributed by atoms with van der Waals surface area (Å²) in [5, 5.41) is 10.3. The first kappa shape index (κ1) is 15.5. The fourth-order valence-electron chi connectivity index (χ4n) is 2.57. The van der Waals surface area contributed by atoms with Crippen LogP contribution < -0.4 is 0 Å². The zero-order chi connectivity index (χ0) is 15.7. The summed E-state index contributed by atoms with van der Waals surface area (Å²) < 4.78 is 0. The van der Waals surface area contributed by atoms with Crippen molar-refractivity contribution < 1.29 is 5.11 Å².